The van der Waals surface area contributed by atoms with Crippen molar-refractivity contribution in [2.45, 2.75) is 32.8 Å². The van der Waals surface area contributed by atoms with E-state index < -0.39 is 17.5 Å². The largest absolute Gasteiger partial charge is 0.376 e. The maximum atomic E-state index is 13.4. The fourth-order valence-corrected chi connectivity index (χ4v) is 3.09. The minimum Gasteiger partial charge on any atom is -0.376 e. The summed E-state index contributed by atoms with van der Waals surface area (Å²) in [6, 6.07) is 8.90. The van der Waals surface area contributed by atoms with Crippen LogP contribution in [0.3, 0.4) is 0 Å². The smallest absolute Gasteiger partial charge is 0.258 e. The summed E-state index contributed by atoms with van der Waals surface area (Å²) in [5, 5.41) is 5.75. The van der Waals surface area contributed by atoms with E-state index in [1.165, 1.54) is 6.07 Å². The maximum absolute atomic E-state index is 13.4. The first-order chi connectivity index (χ1) is 13.4. The molecule has 1 fully saturated rings. The molecule has 1 amide bonds. The zero-order valence-electron chi connectivity index (χ0n) is 15.9. The highest BCUT2D eigenvalue weighted by Crippen LogP contribution is 2.15. The Bertz CT molecular complexity index is 873. The summed E-state index contributed by atoms with van der Waals surface area (Å²) < 4.78 is 32.1. The number of hydrogen-bond donors (Lipinski definition) is 2. The van der Waals surface area contributed by atoms with E-state index in [9.17, 15) is 13.6 Å². The van der Waals surface area contributed by atoms with E-state index in [0.717, 1.165) is 41.8 Å². The molecule has 0 aliphatic carbocycles. The molecule has 1 aliphatic rings. The minimum absolute atomic E-state index is 0.00550. The number of rotatable bonds is 4. The van der Waals surface area contributed by atoms with Crippen molar-refractivity contribution in [2.75, 3.05) is 18.5 Å². The van der Waals surface area contributed by atoms with Crippen LogP contribution in [0.2, 0.25) is 0 Å². The van der Waals surface area contributed by atoms with Crippen LogP contribution >= 0.6 is 0 Å². The lowest BCUT2D eigenvalue weighted by atomic mass is 10.1. The highest BCUT2D eigenvalue weighted by molar-refractivity contribution is 6.10. The highest BCUT2D eigenvalue weighted by Gasteiger charge is 2.17. The van der Waals surface area contributed by atoms with Crippen molar-refractivity contribution in [3.05, 3.63) is 64.7 Å². The van der Waals surface area contributed by atoms with Crippen molar-refractivity contribution in [1.29, 1.82) is 0 Å². The lowest BCUT2D eigenvalue weighted by Crippen LogP contribution is -2.37. The van der Waals surface area contributed by atoms with Gasteiger partial charge in [0.25, 0.3) is 5.91 Å². The Morgan fingerprint density at radius 1 is 1.14 bits per heavy atom. The summed E-state index contributed by atoms with van der Waals surface area (Å²) in [4.78, 5) is 16.9. The molecule has 2 N–H and O–H groups in total. The number of anilines is 1. The maximum Gasteiger partial charge on any atom is 0.258 e. The number of carbonyl (C=O) groups is 1. The minimum atomic E-state index is -1.08. The van der Waals surface area contributed by atoms with Crippen LogP contribution in [0.4, 0.5) is 14.5 Å². The van der Waals surface area contributed by atoms with E-state index in [-0.39, 0.29) is 17.6 Å². The Kier molecular flexibility index (Phi) is 6.36. The Labute approximate surface area is 162 Å². The molecule has 2 aromatic carbocycles. The monoisotopic (exact) mass is 387 g/mol. The molecule has 5 nitrogen and oxygen atoms in total. The second-order valence-corrected chi connectivity index (χ2v) is 6.91. The zero-order chi connectivity index (χ0) is 20.1. The summed E-state index contributed by atoms with van der Waals surface area (Å²) in [6.45, 7) is 5.05. The summed E-state index contributed by atoms with van der Waals surface area (Å²) in [5.41, 5.74) is 2.90. The van der Waals surface area contributed by atoms with Crippen LogP contribution in [0.5, 0.6) is 0 Å². The number of halogens is 2. The number of carbonyl (C=O) groups excluding carboxylic acids is 1. The van der Waals surface area contributed by atoms with Gasteiger partial charge in [0.05, 0.1) is 12.6 Å². The van der Waals surface area contributed by atoms with E-state index in [1.807, 2.05) is 32.0 Å². The van der Waals surface area contributed by atoms with Gasteiger partial charge in [-0.15, -0.1) is 0 Å². The van der Waals surface area contributed by atoms with E-state index in [1.54, 1.807) is 0 Å². The SMILES string of the molecule is Cc1cc(C)cc(NC(=NC[C@H]2CCCO2)NC(=O)c2ccc(F)c(F)c2)c1. The number of ether oxygens (including phenoxy) is 1. The first-order valence-corrected chi connectivity index (χ1v) is 9.18. The summed E-state index contributed by atoms with van der Waals surface area (Å²) in [5.74, 6) is -2.43. The van der Waals surface area contributed by atoms with Crippen LogP contribution in [0.1, 0.15) is 34.3 Å². The molecule has 0 aromatic heterocycles. The quantitative estimate of drug-likeness (QED) is 0.617. The number of aliphatic imine (C=N–C) groups is 1. The third kappa shape index (κ3) is 5.36. The van der Waals surface area contributed by atoms with Gasteiger partial charge in [-0.05, 0) is 68.1 Å². The highest BCUT2D eigenvalue weighted by atomic mass is 19.2. The summed E-state index contributed by atoms with van der Waals surface area (Å²) in [7, 11) is 0. The molecule has 1 aliphatic heterocycles. The van der Waals surface area contributed by atoms with Crippen LogP contribution in [0.15, 0.2) is 41.4 Å². The fraction of sp³-hybridized carbons (Fsp3) is 0.333. The lowest BCUT2D eigenvalue weighted by molar-refractivity contribution is 0.0975. The number of guanidine groups is 1. The molecule has 0 saturated carbocycles. The van der Waals surface area contributed by atoms with E-state index in [4.69, 9.17) is 4.74 Å². The van der Waals surface area contributed by atoms with Crippen LogP contribution in [-0.2, 0) is 4.74 Å². The van der Waals surface area contributed by atoms with Crippen LogP contribution in [0.25, 0.3) is 0 Å². The average molecular weight is 387 g/mol. The predicted octanol–water partition coefficient (Wildman–Crippen LogP) is 3.96. The predicted molar refractivity (Wildman–Crippen MR) is 105 cm³/mol. The van der Waals surface area contributed by atoms with Gasteiger partial charge in [0.1, 0.15) is 0 Å². The molecule has 0 bridgehead atoms. The lowest BCUT2D eigenvalue weighted by Gasteiger charge is -2.14. The van der Waals surface area contributed by atoms with Crippen molar-refractivity contribution in [2.24, 2.45) is 4.99 Å². The molecule has 2 aromatic rings. The molecule has 1 atom stereocenters. The van der Waals surface area contributed by atoms with E-state index in [2.05, 4.69) is 15.6 Å². The van der Waals surface area contributed by atoms with Crippen molar-refractivity contribution in [3.8, 4) is 0 Å². The molecule has 3 rings (SSSR count). The van der Waals surface area contributed by atoms with Gasteiger partial charge in [0, 0.05) is 17.9 Å². The van der Waals surface area contributed by atoms with Gasteiger partial charge in [-0.2, -0.15) is 0 Å². The average Bonchev–Trinajstić information content (AvgIpc) is 3.14. The van der Waals surface area contributed by atoms with E-state index in [0.29, 0.717) is 13.2 Å². The van der Waals surface area contributed by atoms with Crippen molar-refractivity contribution >= 4 is 17.6 Å². The third-order valence-electron chi connectivity index (χ3n) is 4.38. The second kappa shape index (κ2) is 8.93. The first-order valence-electron chi connectivity index (χ1n) is 9.18. The van der Waals surface area contributed by atoms with Crippen molar-refractivity contribution < 1.29 is 18.3 Å². The molecule has 1 saturated heterocycles. The van der Waals surface area contributed by atoms with Gasteiger partial charge in [-0.3, -0.25) is 10.1 Å². The van der Waals surface area contributed by atoms with Crippen LogP contribution in [-0.4, -0.2) is 31.1 Å². The number of hydrogen-bond acceptors (Lipinski definition) is 3. The molecule has 0 spiro atoms. The molecule has 0 radical (unpaired) electrons. The Morgan fingerprint density at radius 3 is 2.54 bits per heavy atom. The summed E-state index contributed by atoms with van der Waals surface area (Å²) in [6.07, 6.45) is 1.91. The zero-order valence-corrected chi connectivity index (χ0v) is 15.9. The second-order valence-electron chi connectivity index (χ2n) is 6.91. The Morgan fingerprint density at radius 2 is 1.89 bits per heavy atom. The van der Waals surface area contributed by atoms with Crippen molar-refractivity contribution in [3.63, 3.8) is 0 Å². The van der Waals surface area contributed by atoms with Gasteiger partial charge >= 0.3 is 0 Å². The summed E-state index contributed by atoms with van der Waals surface area (Å²) >= 11 is 0. The Balaban J connectivity index is 1.79. The van der Waals surface area contributed by atoms with Crippen molar-refractivity contribution in [1.82, 2.24) is 5.32 Å². The number of benzene rings is 2. The number of nitrogens with one attached hydrogen (secondary N) is 2. The van der Waals surface area contributed by atoms with Gasteiger partial charge in [-0.25, -0.2) is 13.8 Å². The third-order valence-corrected chi connectivity index (χ3v) is 4.38. The molecular weight excluding hydrogens is 364 g/mol. The standard InChI is InChI=1S/C21H23F2N3O2/c1-13-8-14(2)10-16(9-13)25-21(24-12-17-4-3-7-28-17)26-20(27)15-5-6-18(22)19(23)11-15/h5-6,8-11,17H,3-4,7,12H2,1-2H3,(H2,24,25,26,27)/t17-/m1/s1. The number of nitrogens with zero attached hydrogens (tertiary/aromatic N) is 1. The van der Waals surface area contributed by atoms with Gasteiger partial charge < -0.3 is 10.1 Å². The fourth-order valence-electron chi connectivity index (χ4n) is 3.09. The normalized spacial score (nSPS) is 16.9. The molecule has 28 heavy (non-hydrogen) atoms. The van der Waals surface area contributed by atoms with Gasteiger partial charge in [0.2, 0.25) is 5.96 Å². The Hall–Kier alpha value is -2.80. The topological polar surface area (TPSA) is 62.7 Å². The molecule has 7 heteroatoms. The number of aryl methyl sites for hydroxylation is 2. The van der Waals surface area contributed by atoms with Gasteiger partial charge in [-0.1, -0.05) is 6.07 Å². The van der Waals surface area contributed by atoms with E-state index >= 15 is 0 Å². The molecule has 1 heterocycles. The van der Waals surface area contributed by atoms with Crippen LogP contribution < -0.4 is 10.6 Å². The number of amides is 1. The molecule has 148 valence electrons. The van der Waals surface area contributed by atoms with Crippen LogP contribution in [0, 0.1) is 25.5 Å². The van der Waals surface area contributed by atoms with Gasteiger partial charge in [0.15, 0.2) is 11.6 Å². The molecule has 0 unspecified atom stereocenters. The first kappa shape index (κ1) is 19.9. The molecular formula is C21H23F2N3O2.